The number of methoxy groups -OCH3 is 1. The van der Waals surface area contributed by atoms with E-state index in [4.69, 9.17) is 4.74 Å². The van der Waals surface area contributed by atoms with Crippen LogP contribution in [0.25, 0.3) is 10.8 Å². The highest BCUT2D eigenvalue weighted by molar-refractivity contribution is 7.89. The summed E-state index contributed by atoms with van der Waals surface area (Å²) in [6.45, 7) is 3.22. The first-order valence-electron chi connectivity index (χ1n) is 8.62. The molecule has 0 aromatic heterocycles. The van der Waals surface area contributed by atoms with Crippen LogP contribution in [-0.2, 0) is 10.0 Å². The number of benzene rings is 3. The third-order valence-corrected chi connectivity index (χ3v) is 5.72. The van der Waals surface area contributed by atoms with Crippen molar-refractivity contribution in [3.63, 3.8) is 0 Å². The number of hydrazone groups is 1. The van der Waals surface area contributed by atoms with Crippen molar-refractivity contribution in [2.24, 2.45) is 5.10 Å². The van der Waals surface area contributed by atoms with E-state index in [0.717, 1.165) is 22.4 Å². The summed E-state index contributed by atoms with van der Waals surface area (Å²) >= 11 is 0. The summed E-state index contributed by atoms with van der Waals surface area (Å²) in [6, 6.07) is 14.8. The second-order valence-electron chi connectivity index (χ2n) is 6.36. The van der Waals surface area contributed by atoms with Crippen LogP contribution in [0.5, 0.6) is 5.75 Å². The lowest BCUT2D eigenvalue weighted by molar-refractivity contribution is -0.385. The monoisotopic (exact) mass is 413 g/mol. The number of nitrogens with one attached hydrogen (secondary N) is 1. The predicted molar refractivity (Wildman–Crippen MR) is 111 cm³/mol. The maximum atomic E-state index is 12.6. The Kier molecular flexibility index (Phi) is 5.51. The standard InChI is InChI=1S/C20H19N3O5S/c1-13-8-9-15(12-19(13)23(24)25)29(26,27)22-21-14(2)16-10-11-20(28-3)18-7-5-4-6-17(16)18/h4-12,22H,1-3H3/b21-14-. The number of nitro benzene ring substituents is 1. The number of hydrogen-bond donors (Lipinski definition) is 1. The SMILES string of the molecule is COc1ccc(/C(C)=N\NS(=O)(=O)c2ccc(C)c([N+](=O)[O-])c2)c2ccccc12. The second-order valence-corrected chi connectivity index (χ2v) is 8.02. The van der Waals surface area contributed by atoms with Gasteiger partial charge in [0.1, 0.15) is 5.75 Å². The molecule has 0 atom stereocenters. The van der Waals surface area contributed by atoms with E-state index in [1.165, 1.54) is 12.1 Å². The third kappa shape index (κ3) is 4.04. The molecule has 0 aliphatic carbocycles. The lowest BCUT2D eigenvalue weighted by Crippen LogP contribution is -2.20. The van der Waals surface area contributed by atoms with Gasteiger partial charge in [-0.15, -0.1) is 0 Å². The first-order chi connectivity index (χ1) is 13.7. The summed E-state index contributed by atoms with van der Waals surface area (Å²) < 4.78 is 30.5. The number of aryl methyl sites for hydroxylation is 1. The van der Waals surface area contributed by atoms with Gasteiger partial charge in [-0.3, -0.25) is 10.1 Å². The van der Waals surface area contributed by atoms with Gasteiger partial charge in [-0.1, -0.05) is 30.3 Å². The number of rotatable bonds is 6. The molecule has 0 fully saturated rings. The van der Waals surface area contributed by atoms with Crippen LogP contribution in [0.4, 0.5) is 5.69 Å². The van der Waals surface area contributed by atoms with Crippen LogP contribution in [0.2, 0.25) is 0 Å². The number of hydrogen-bond acceptors (Lipinski definition) is 6. The number of fused-ring (bicyclic) bond motifs is 1. The smallest absolute Gasteiger partial charge is 0.276 e. The molecule has 0 aliphatic rings. The van der Waals surface area contributed by atoms with Crippen LogP contribution >= 0.6 is 0 Å². The zero-order chi connectivity index (χ0) is 21.2. The summed E-state index contributed by atoms with van der Waals surface area (Å²) in [4.78, 5) is 12.4. The minimum absolute atomic E-state index is 0.231. The lowest BCUT2D eigenvalue weighted by atomic mass is 10.0. The molecule has 0 saturated heterocycles. The zero-order valence-electron chi connectivity index (χ0n) is 16.0. The van der Waals surface area contributed by atoms with Crippen molar-refractivity contribution in [3.8, 4) is 5.75 Å². The van der Waals surface area contributed by atoms with Crippen LogP contribution in [0.3, 0.4) is 0 Å². The zero-order valence-corrected chi connectivity index (χ0v) is 16.9. The highest BCUT2D eigenvalue weighted by atomic mass is 32.2. The molecule has 0 spiro atoms. The summed E-state index contributed by atoms with van der Waals surface area (Å²) in [5, 5.41) is 16.8. The van der Waals surface area contributed by atoms with Crippen molar-refractivity contribution >= 4 is 32.2 Å². The van der Waals surface area contributed by atoms with Crippen molar-refractivity contribution in [1.82, 2.24) is 4.83 Å². The van der Waals surface area contributed by atoms with Crippen LogP contribution in [0.1, 0.15) is 18.1 Å². The average molecular weight is 413 g/mol. The molecule has 0 heterocycles. The molecule has 0 amide bonds. The molecule has 0 aliphatic heterocycles. The van der Waals surface area contributed by atoms with Crippen molar-refractivity contribution in [1.29, 1.82) is 0 Å². The molecular formula is C20H19N3O5S. The van der Waals surface area contributed by atoms with Crippen molar-refractivity contribution in [2.75, 3.05) is 7.11 Å². The molecular weight excluding hydrogens is 394 g/mol. The van der Waals surface area contributed by atoms with Gasteiger partial charge in [0.15, 0.2) is 0 Å². The molecule has 8 nitrogen and oxygen atoms in total. The van der Waals surface area contributed by atoms with Crippen LogP contribution in [-0.4, -0.2) is 26.2 Å². The third-order valence-electron chi connectivity index (χ3n) is 4.51. The van der Waals surface area contributed by atoms with Gasteiger partial charge < -0.3 is 4.74 Å². The Labute approximate surface area is 168 Å². The van der Waals surface area contributed by atoms with E-state index >= 15 is 0 Å². The van der Waals surface area contributed by atoms with Gasteiger partial charge in [-0.25, -0.2) is 0 Å². The topological polar surface area (TPSA) is 111 Å². The number of nitrogens with zero attached hydrogens (tertiary/aromatic N) is 2. The van der Waals surface area contributed by atoms with E-state index in [9.17, 15) is 18.5 Å². The van der Waals surface area contributed by atoms with Gasteiger partial charge in [-0.2, -0.15) is 18.4 Å². The minimum atomic E-state index is -4.07. The lowest BCUT2D eigenvalue weighted by Gasteiger charge is -2.11. The van der Waals surface area contributed by atoms with E-state index < -0.39 is 14.9 Å². The maximum absolute atomic E-state index is 12.6. The quantitative estimate of drug-likeness (QED) is 0.376. The van der Waals surface area contributed by atoms with Gasteiger partial charge in [-0.05, 0) is 37.4 Å². The van der Waals surface area contributed by atoms with E-state index in [2.05, 4.69) is 9.93 Å². The molecule has 29 heavy (non-hydrogen) atoms. The molecule has 0 unspecified atom stereocenters. The Bertz CT molecular complexity index is 1240. The summed E-state index contributed by atoms with van der Waals surface area (Å²) in [6.07, 6.45) is 0. The van der Waals surface area contributed by atoms with E-state index in [1.807, 2.05) is 24.3 Å². The predicted octanol–water partition coefficient (Wildman–Crippen LogP) is 3.77. The largest absolute Gasteiger partial charge is 0.496 e. The van der Waals surface area contributed by atoms with Crippen molar-refractivity contribution in [3.05, 3.63) is 75.8 Å². The fraction of sp³-hybridized carbons (Fsp3) is 0.150. The fourth-order valence-electron chi connectivity index (χ4n) is 2.96. The first kappa shape index (κ1) is 20.3. The molecule has 3 aromatic rings. The average Bonchev–Trinajstić information content (AvgIpc) is 2.71. The van der Waals surface area contributed by atoms with Crippen molar-refractivity contribution in [2.45, 2.75) is 18.7 Å². The Morgan fingerprint density at radius 3 is 2.45 bits per heavy atom. The highest BCUT2D eigenvalue weighted by Gasteiger charge is 2.19. The van der Waals surface area contributed by atoms with Gasteiger partial charge in [0.2, 0.25) is 0 Å². The Morgan fingerprint density at radius 2 is 1.79 bits per heavy atom. The number of sulfonamides is 1. The Morgan fingerprint density at radius 1 is 1.10 bits per heavy atom. The van der Waals surface area contributed by atoms with E-state index in [0.29, 0.717) is 17.0 Å². The van der Waals surface area contributed by atoms with Gasteiger partial charge in [0.25, 0.3) is 15.7 Å². The van der Waals surface area contributed by atoms with E-state index in [-0.39, 0.29) is 10.6 Å². The summed E-state index contributed by atoms with van der Waals surface area (Å²) in [5.74, 6) is 0.699. The van der Waals surface area contributed by atoms with Crippen LogP contribution < -0.4 is 9.57 Å². The molecule has 0 saturated carbocycles. The van der Waals surface area contributed by atoms with Gasteiger partial charge in [0.05, 0.1) is 22.6 Å². The molecule has 9 heteroatoms. The van der Waals surface area contributed by atoms with Crippen molar-refractivity contribution < 1.29 is 18.1 Å². The highest BCUT2D eigenvalue weighted by Crippen LogP contribution is 2.29. The van der Waals surface area contributed by atoms with Crippen LogP contribution in [0.15, 0.2) is 64.6 Å². The second kappa shape index (κ2) is 7.88. The summed E-state index contributed by atoms with van der Waals surface area (Å²) in [7, 11) is -2.49. The van der Waals surface area contributed by atoms with Crippen LogP contribution in [0, 0.1) is 17.0 Å². The Balaban J connectivity index is 1.97. The first-order valence-corrected chi connectivity index (χ1v) is 10.1. The molecule has 1 N–H and O–H groups in total. The molecule has 0 radical (unpaired) electrons. The fourth-order valence-corrected chi connectivity index (χ4v) is 3.84. The molecule has 0 bridgehead atoms. The minimum Gasteiger partial charge on any atom is -0.496 e. The number of nitro groups is 1. The number of ether oxygens (including phenoxy) is 1. The van der Waals surface area contributed by atoms with Gasteiger partial charge >= 0.3 is 0 Å². The molecule has 150 valence electrons. The molecule has 3 aromatic carbocycles. The summed E-state index contributed by atoms with van der Waals surface area (Å²) in [5.41, 5.74) is 1.28. The van der Waals surface area contributed by atoms with E-state index in [1.54, 1.807) is 33.1 Å². The van der Waals surface area contributed by atoms with Gasteiger partial charge in [0, 0.05) is 22.6 Å². The molecule has 3 rings (SSSR count). The Hall–Kier alpha value is -3.46. The normalized spacial score (nSPS) is 12.0. The maximum Gasteiger partial charge on any atom is 0.276 e.